The van der Waals surface area contributed by atoms with Crippen LogP contribution < -0.4 is 10.2 Å². The first kappa shape index (κ1) is 18.0. The smallest absolute Gasteiger partial charge is 0.234 e. The highest BCUT2D eigenvalue weighted by Gasteiger charge is 2.31. The van der Waals surface area contributed by atoms with Gasteiger partial charge in [-0.15, -0.1) is 0 Å². The maximum Gasteiger partial charge on any atom is 0.234 e. The van der Waals surface area contributed by atoms with Gasteiger partial charge in [-0.2, -0.15) is 0 Å². The van der Waals surface area contributed by atoms with Crippen molar-refractivity contribution in [1.29, 1.82) is 0 Å². The number of nitrogens with one attached hydrogen (secondary N) is 1. The highest BCUT2D eigenvalue weighted by Crippen LogP contribution is 2.31. The summed E-state index contributed by atoms with van der Waals surface area (Å²) in [5.41, 5.74) is 5.32. The number of carbonyl (C=O) groups is 2. The van der Waals surface area contributed by atoms with Gasteiger partial charge in [-0.05, 0) is 31.5 Å². The van der Waals surface area contributed by atoms with Gasteiger partial charge in [0.15, 0.2) is 5.76 Å². The number of benzene rings is 2. The standard InChI is InChI=1S/C22H21N3O3/c1-14-6-8-16(9-7-14)19-12-17(28-24-19)13-23-18-4-3-5-20(15(18)2)25-21(26)10-11-22(25)27/h3-9,12,23H,10-11,13H2,1-2H3. The van der Waals surface area contributed by atoms with E-state index in [1.54, 1.807) is 6.07 Å². The summed E-state index contributed by atoms with van der Waals surface area (Å²) in [6, 6.07) is 15.6. The summed E-state index contributed by atoms with van der Waals surface area (Å²) >= 11 is 0. The predicted molar refractivity (Wildman–Crippen MR) is 107 cm³/mol. The van der Waals surface area contributed by atoms with E-state index in [-0.39, 0.29) is 24.7 Å². The van der Waals surface area contributed by atoms with Crippen LogP contribution in [0.3, 0.4) is 0 Å². The number of rotatable bonds is 5. The van der Waals surface area contributed by atoms with E-state index >= 15 is 0 Å². The zero-order valence-corrected chi connectivity index (χ0v) is 15.9. The topological polar surface area (TPSA) is 75.4 Å². The van der Waals surface area contributed by atoms with Crippen LogP contribution in [0.5, 0.6) is 0 Å². The van der Waals surface area contributed by atoms with Gasteiger partial charge < -0.3 is 9.84 Å². The fourth-order valence-corrected chi connectivity index (χ4v) is 3.34. The lowest BCUT2D eigenvalue weighted by atomic mass is 10.1. The Morgan fingerprint density at radius 2 is 1.75 bits per heavy atom. The second-order valence-electron chi connectivity index (χ2n) is 6.97. The molecule has 6 nitrogen and oxygen atoms in total. The first-order chi connectivity index (χ1) is 13.5. The number of aryl methyl sites for hydroxylation is 1. The van der Waals surface area contributed by atoms with Gasteiger partial charge in [0.2, 0.25) is 11.8 Å². The Hall–Kier alpha value is -3.41. The molecule has 3 aromatic rings. The molecule has 1 aromatic heterocycles. The van der Waals surface area contributed by atoms with Crippen LogP contribution in [-0.2, 0) is 16.1 Å². The minimum Gasteiger partial charge on any atom is -0.377 e. The van der Waals surface area contributed by atoms with Gasteiger partial charge in [-0.1, -0.05) is 41.1 Å². The van der Waals surface area contributed by atoms with Crippen LogP contribution in [0.15, 0.2) is 53.1 Å². The minimum absolute atomic E-state index is 0.150. The average Bonchev–Trinajstić information content (AvgIpc) is 3.29. The molecule has 1 fully saturated rings. The summed E-state index contributed by atoms with van der Waals surface area (Å²) < 4.78 is 5.44. The molecular weight excluding hydrogens is 354 g/mol. The van der Waals surface area contributed by atoms with Gasteiger partial charge in [-0.25, -0.2) is 0 Å². The van der Waals surface area contributed by atoms with E-state index in [1.165, 1.54) is 10.5 Å². The van der Waals surface area contributed by atoms with Crippen LogP contribution in [0.1, 0.15) is 29.7 Å². The molecule has 0 aliphatic carbocycles. The molecule has 1 aliphatic heterocycles. The number of hydrogen-bond acceptors (Lipinski definition) is 5. The largest absolute Gasteiger partial charge is 0.377 e. The van der Waals surface area contributed by atoms with E-state index in [2.05, 4.69) is 10.5 Å². The molecule has 0 atom stereocenters. The first-order valence-corrected chi connectivity index (χ1v) is 9.25. The molecule has 6 heteroatoms. The Labute approximate surface area is 163 Å². The molecule has 0 bridgehead atoms. The number of hydrogen-bond donors (Lipinski definition) is 1. The third-order valence-corrected chi connectivity index (χ3v) is 4.96. The SMILES string of the molecule is Cc1ccc(-c2cc(CNc3cccc(N4C(=O)CCC4=O)c3C)on2)cc1. The molecular formula is C22H21N3O3. The molecule has 142 valence electrons. The maximum absolute atomic E-state index is 12.0. The van der Waals surface area contributed by atoms with E-state index in [0.717, 1.165) is 22.5 Å². The zero-order chi connectivity index (χ0) is 19.7. The summed E-state index contributed by atoms with van der Waals surface area (Å²) in [6.45, 7) is 4.39. The van der Waals surface area contributed by atoms with Crippen molar-refractivity contribution in [2.45, 2.75) is 33.2 Å². The Balaban J connectivity index is 1.50. The van der Waals surface area contributed by atoms with E-state index in [9.17, 15) is 9.59 Å². The van der Waals surface area contributed by atoms with Crippen LogP contribution in [0.2, 0.25) is 0 Å². The number of nitrogens with zero attached hydrogens (tertiary/aromatic N) is 2. The van der Waals surface area contributed by atoms with Crippen molar-refractivity contribution >= 4 is 23.2 Å². The molecule has 28 heavy (non-hydrogen) atoms. The van der Waals surface area contributed by atoms with Gasteiger partial charge in [0, 0.05) is 30.2 Å². The summed E-state index contributed by atoms with van der Waals surface area (Å²) in [5, 5.41) is 7.45. The van der Waals surface area contributed by atoms with Gasteiger partial charge in [-0.3, -0.25) is 14.5 Å². The molecule has 0 spiro atoms. The summed E-state index contributed by atoms with van der Waals surface area (Å²) in [5.74, 6) is 0.403. The van der Waals surface area contributed by atoms with Gasteiger partial charge in [0.1, 0.15) is 5.69 Å². The third kappa shape index (κ3) is 3.41. The summed E-state index contributed by atoms with van der Waals surface area (Å²) in [7, 11) is 0. The molecule has 2 aromatic carbocycles. The fraction of sp³-hybridized carbons (Fsp3) is 0.227. The van der Waals surface area contributed by atoms with Gasteiger partial charge in [0.25, 0.3) is 0 Å². The molecule has 0 radical (unpaired) electrons. The van der Waals surface area contributed by atoms with E-state index < -0.39 is 0 Å². The number of amides is 2. The van der Waals surface area contributed by atoms with Crippen molar-refractivity contribution < 1.29 is 14.1 Å². The number of anilines is 2. The van der Waals surface area contributed by atoms with Crippen molar-refractivity contribution in [3.05, 3.63) is 65.4 Å². The molecule has 1 saturated heterocycles. The summed E-state index contributed by atoms with van der Waals surface area (Å²) in [4.78, 5) is 25.4. The molecule has 2 heterocycles. The molecule has 2 amide bonds. The monoisotopic (exact) mass is 375 g/mol. The lowest BCUT2D eigenvalue weighted by Gasteiger charge is -2.19. The predicted octanol–water partition coefficient (Wildman–Crippen LogP) is 4.22. The Morgan fingerprint density at radius 1 is 1.04 bits per heavy atom. The lowest BCUT2D eigenvalue weighted by Crippen LogP contribution is -2.29. The second kappa shape index (κ2) is 7.31. The molecule has 1 aliphatic rings. The Kier molecular flexibility index (Phi) is 4.69. The van der Waals surface area contributed by atoms with Crippen LogP contribution in [0.4, 0.5) is 11.4 Å². The van der Waals surface area contributed by atoms with Crippen molar-refractivity contribution in [3.8, 4) is 11.3 Å². The average molecular weight is 375 g/mol. The fourth-order valence-electron chi connectivity index (χ4n) is 3.34. The van der Waals surface area contributed by atoms with Crippen LogP contribution >= 0.6 is 0 Å². The lowest BCUT2D eigenvalue weighted by molar-refractivity contribution is -0.121. The quantitative estimate of drug-likeness (QED) is 0.676. The van der Waals surface area contributed by atoms with Crippen LogP contribution in [-0.4, -0.2) is 17.0 Å². The second-order valence-corrected chi connectivity index (χ2v) is 6.97. The van der Waals surface area contributed by atoms with Crippen molar-refractivity contribution in [2.75, 3.05) is 10.2 Å². The maximum atomic E-state index is 12.0. The molecule has 0 unspecified atom stereocenters. The molecule has 0 saturated carbocycles. The third-order valence-electron chi connectivity index (χ3n) is 4.96. The van der Waals surface area contributed by atoms with Crippen molar-refractivity contribution in [1.82, 2.24) is 5.16 Å². The normalized spacial score (nSPS) is 14.0. The van der Waals surface area contributed by atoms with Gasteiger partial charge >= 0.3 is 0 Å². The van der Waals surface area contributed by atoms with E-state index in [4.69, 9.17) is 4.52 Å². The minimum atomic E-state index is -0.150. The van der Waals surface area contributed by atoms with Gasteiger partial charge in [0.05, 0.1) is 12.2 Å². The Bertz CT molecular complexity index is 1020. The first-order valence-electron chi connectivity index (χ1n) is 9.25. The molecule has 1 N–H and O–H groups in total. The van der Waals surface area contributed by atoms with Crippen LogP contribution in [0.25, 0.3) is 11.3 Å². The molecule has 4 rings (SSSR count). The van der Waals surface area contributed by atoms with E-state index in [1.807, 2.05) is 56.3 Å². The zero-order valence-electron chi connectivity index (χ0n) is 15.9. The number of imide groups is 1. The highest BCUT2D eigenvalue weighted by atomic mass is 16.5. The van der Waals surface area contributed by atoms with Crippen molar-refractivity contribution in [2.24, 2.45) is 0 Å². The van der Waals surface area contributed by atoms with E-state index in [0.29, 0.717) is 18.0 Å². The van der Waals surface area contributed by atoms with Crippen molar-refractivity contribution in [3.63, 3.8) is 0 Å². The number of carbonyl (C=O) groups excluding carboxylic acids is 2. The Morgan fingerprint density at radius 3 is 2.46 bits per heavy atom. The number of aromatic nitrogens is 1. The highest BCUT2D eigenvalue weighted by molar-refractivity contribution is 6.20. The van der Waals surface area contributed by atoms with Crippen LogP contribution in [0, 0.1) is 13.8 Å². The summed E-state index contributed by atoms with van der Waals surface area (Å²) in [6.07, 6.45) is 0.547.